The zero-order valence-corrected chi connectivity index (χ0v) is 22.6. The number of unbranched alkanes of at least 4 members (excludes halogenated alkanes) is 2. The van der Waals surface area contributed by atoms with Gasteiger partial charge in [-0.15, -0.1) is 0 Å². The van der Waals surface area contributed by atoms with Crippen LogP contribution in [0.4, 0.5) is 0 Å². The summed E-state index contributed by atoms with van der Waals surface area (Å²) < 4.78 is 23.2. The van der Waals surface area contributed by atoms with Gasteiger partial charge in [-0.05, 0) is 48.7 Å². The van der Waals surface area contributed by atoms with E-state index in [4.69, 9.17) is 24.7 Å². The molecule has 7 heteroatoms. The molecule has 202 valence electrons. The molecule has 0 aliphatic carbocycles. The number of benzene rings is 3. The lowest BCUT2D eigenvalue weighted by Gasteiger charge is -2.28. The van der Waals surface area contributed by atoms with Gasteiger partial charge in [0.15, 0.2) is 0 Å². The number of carbonyl (C=O) groups excluding carboxylic acids is 1. The first-order valence-electron chi connectivity index (χ1n) is 13.3. The molecule has 0 saturated heterocycles. The smallest absolute Gasteiger partial charge is 0.343 e. The average Bonchev–Trinajstić information content (AvgIpc) is 2.94. The van der Waals surface area contributed by atoms with Gasteiger partial charge in [0, 0.05) is 17.2 Å². The molecule has 0 fully saturated rings. The quantitative estimate of drug-likeness (QED) is 0.168. The number of hydrogen-bond donors (Lipinski definition) is 1. The molecule has 0 spiro atoms. The molecule has 0 amide bonds. The van der Waals surface area contributed by atoms with Gasteiger partial charge in [-0.2, -0.15) is 5.26 Å². The van der Waals surface area contributed by atoms with Crippen molar-refractivity contribution in [2.24, 2.45) is 11.7 Å². The Morgan fingerprint density at radius 3 is 2.46 bits per heavy atom. The van der Waals surface area contributed by atoms with E-state index in [2.05, 4.69) is 26.8 Å². The topological polar surface area (TPSA) is 104 Å². The predicted molar refractivity (Wildman–Crippen MR) is 149 cm³/mol. The van der Waals surface area contributed by atoms with Crippen molar-refractivity contribution in [1.82, 2.24) is 0 Å². The lowest BCUT2D eigenvalue weighted by Crippen LogP contribution is -2.21. The van der Waals surface area contributed by atoms with Crippen LogP contribution in [0.3, 0.4) is 0 Å². The van der Waals surface area contributed by atoms with Crippen molar-refractivity contribution < 1.29 is 23.7 Å². The second-order valence-corrected chi connectivity index (χ2v) is 9.84. The van der Waals surface area contributed by atoms with Gasteiger partial charge in [0.05, 0.1) is 24.7 Å². The first-order valence-corrected chi connectivity index (χ1v) is 13.3. The monoisotopic (exact) mass is 526 g/mol. The van der Waals surface area contributed by atoms with E-state index in [1.807, 2.05) is 24.3 Å². The third-order valence-electron chi connectivity index (χ3n) is 6.31. The second kappa shape index (κ2) is 12.9. The van der Waals surface area contributed by atoms with E-state index in [1.54, 1.807) is 42.5 Å². The largest absolute Gasteiger partial charge is 0.493 e. The minimum absolute atomic E-state index is 0.0104. The molecular weight excluding hydrogens is 492 g/mol. The van der Waals surface area contributed by atoms with E-state index >= 15 is 0 Å². The number of para-hydroxylation sites is 1. The van der Waals surface area contributed by atoms with Gasteiger partial charge in [0.2, 0.25) is 5.88 Å². The summed E-state index contributed by atoms with van der Waals surface area (Å²) in [6.45, 7) is 7.47. The molecule has 2 N–H and O–H groups in total. The summed E-state index contributed by atoms with van der Waals surface area (Å²) >= 11 is 0. The normalized spacial score (nSPS) is 14.3. The van der Waals surface area contributed by atoms with Crippen LogP contribution in [0.1, 0.15) is 67.4 Å². The number of fused-ring (bicyclic) bond motifs is 1. The van der Waals surface area contributed by atoms with Crippen LogP contribution in [0.25, 0.3) is 0 Å². The number of ether oxygens (including phenoxy) is 4. The summed E-state index contributed by atoms with van der Waals surface area (Å²) in [7, 11) is 0. The lowest BCUT2D eigenvalue weighted by molar-refractivity contribution is 0.0734. The van der Waals surface area contributed by atoms with Crippen LogP contribution >= 0.6 is 0 Å². The Morgan fingerprint density at radius 1 is 1.00 bits per heavy atom. The number of nitrogens with zero attached hydrogens (tertiary/aromatic N) is 1. The zero-order chi connectivity index (χ0) is 27.8. The fourth-order valence-corrected chi connectivity index (χ4v) is 4.32. The van der Waals surface area contributed by atoms with Crippen molar-refractivity contribution in [3.8, 4) is 29.1 Å². The number of nitrogens with two attached hydrogens (primary N) is 1. The van der Waals surface area contributed by atoms with Crippen LogP contribution in [0.15, 0.2) is 78.2 Å². The molecule has 3 aromatic rings. The first-order chi connectivity index (χ1) is 18.9. The Kier molecular flexibility index (Phi) is 9.11. The highest BCUT2D eigenvalue weighted by Crippen LogP contribution is 2.46. The third-order valence-corrected chi connectivity index (χ3v) is 6.31. The van der Waals surface area contributed by atoms with Gasteiger partial charge in [0.25, 0.3) is 0 Å². The molecule has 1 aliphatic heterocycles. The number of rotatable bonds is 11. The fourth-order valence-electron chi connectivity index (χ4n) is 4.32. The second-order valence-electron chi connectivity index (χ2n) is 9.84. The molecule has 0 aromatic heterocycles. The van der Waals surface area contributed by atoms with Gasteiger partial charge >= 0.3 is 5.97 Å². The summed E-state index contributed by atoms with van der Waals surface area (Å²) in [4.78, 5) is 12.8. The van der Waals surface area contributed by atoms with Crippen molar-refractivity contribution >= 4 is 5.97 Å². The van der Waals surface area contributed by atoms with E-state index in [9.17, 15) is 10.1 Å². The fraction of sp³-hybridized carbons (Fsp3) is 0.312. The van der Waals surface area contributed by atoms with Gasteiger partial charge < -0.3 is 24.7 Å². The zero-order valence-electron chi connectivity index (χ0n) is 22.6. The number of carbonyl (C=O) groups is 1. The molecular formula is C32H34N2O5. The van der Waals surface area contributed by atoms with Crippen LogP contribution in [-0.4, -0.2) is 19.2 Å². The average molecular weight is 527 g/mol. The number of nitriles is 1. The highest BCUT2D eigenvalue weighted by molar-refractivity contribution is 5.91. The van der Waals surface area contributed by atoms with Crippen molar-refractivity contribution in [1.29, 1.82) is 5.26 Å². The Balaban J connectivity index is 1.57. The van der Waals surface area contributed by atoms with Crippen molar-refractivity contribution in [3.05, 3.63) is 94.9 Å². The number of esters is 1. The van der Waals surface area contributed by atoms with Crippen LogP contribution in [0.5, 0.6) is 23.0 Å². The minimum Gasteiger partial charge on any atom is -0.493 e. The molecule has 0 bridgehead atoms. The van der Waals surface area contributed by atoms with Gasteiger partial charge in [0.1, 0.15) is 34.6 Å². The summed E-state index contributed by atoms with van der Waals surface area (Å²) in [5, 5.41) is 9.95. The highest BCUT2D eigenvalue weighted by Gasteiger charge is 2.33. The first kappa shape index (κ1) is 27.6. The molecule has 1 heterocycles. The molecule has 39 heavy (non-hydrogen) atoms. The maximum Gasteiger partial charge on any atom is 0.343 e. The predicted octanol–water partition coefficient (Wildman–Crippen LogP) is 6.73. The van der Waals surface area contributed by atoms with Gasteiger partial charge in [-0.25, -0.2) is 4.79 Å². The third kappa shape index (κ3) is 6.71. The molecule has 0 saturated carbocycles. The Morgan fingerprint density at radius 2 is 1.74 bits per heavy atom. The number of allylic oxidation sites excluding steroid dienone is 1. The molecule has 1 aliphatic rings. The van der Waals surface area contributed by atoms with Gasteiger partial charge in [-0.3, -0.25) is 0 Å². The molecule has 4 rings (SSSR count). The summed E-state index contributed by atoms with van der Waals surface area (Å²) in [6, 6.07) is 21.8. The highest BCUT2D eigenvalue weighted by atomic mass is 16.5. The minimum atomic E-state index is -0.509. The standard InChI is InChI=1S/C32H34N2O5/c1-4-5-8-17-36-28-10-7-6-9-25(28)30-26-16-15-24(18-29(26)39-31(34)27(30)19-33)38-32(35)22-11-13-23(14-12-22)37-20-21(2)3/h6-7,9-16,18,21,30H,4-5,8,17,20,34H2,1-3H3. The lowest BCUT2D eigenvalue weighted by atomic mass is 9.83. The van der Waals surface area contributed by atoms with E-state index in [0.717, 1.165) is 30.4 Å². The van der Waals surface area contributed by atoms with Gasteiger partial charge in [-0.1, -0.05) is 57.9 Å². The van der Waals surface area contributed by atoms with E-state index in [1.165, 1.54) is 0 Å². The van der Waals surface area contributed by atoms with E-state index < -0.39 is 11.9 Å². The van der Waals surface area contributed by atoms with Crippen LogP contribution in [0.2, 0.25) is 0 Å². The van der Waals surface area contributed by atoms with Crippen molar-refractivity contribution in [2.75, 3.05) is 13.2 Å². The summed E-state index contributed by atoms with van der Waals surface area (Å²) in [5.41, 5.74) is 8.45. The molecule has 1 unspecified atom stereocenters. The SMILES string of the molecule is CCCCCOc1ccccc1C1C(C#N)=C(N)Oc2cc(OC(=O)c3ccc(OCC(C)C)cc3)ccc21. The van der Waals surface area contributed by atoms with Crippen molar-refractivity contribution in [2.45, 2.75) is 46.0 Å². The summed E-state index contributed by atoms with van der Waals surface area (Å²) in [6.07, 6.45) is 3.12. The van der Waals surface area contributed by atoms with Crippen LogP contribution in [-0.2, 0) is 0 Å². The maximum absolute atomic E-state index is 12.8. The molecule has 7 nitrogen and oxygen atoms in total. The Labute approximate surface area is 229 Å². The van der Waals surface area contributed by atoms with E-state index in [-0.39, 0.29) is 5.88 Å². The molecule has 3 aromatic carbocycles. The van der Waals surface area contributed by atoms with E-state index in [0.29, 0.717) is 53.3 Å². The Bertz CT molecular complexity index is 1370. The molecule has 0 radical (unpaired) electrons. The van der Waals surface area contributed by atoms with Crippen molar-refractivity contribution in [3.63, 3.8) is 0 Å². The number of hydrogen-bond acceptors (Lipinski definition) is 7. The Hall–Kier alpha value is -4.44. The van der Waals surface area contributed by atoms with Crippen LogP contribution in [0, 0.1) is 17.2 Å². The van der Waals surface area contributed by atoms with Crippen LogP contribution < -0.4 is 24.7 Å². The maximum atomic E-state index is 12.8. The summed E-state index contributed by atoms with van der Waals surface area (Å²) in [5.74, 6) is 1.53. The molecule has 1 atom stereocenters.